The Morgan fingerprint density at radius 2 is 2.18 bits per heavy atom. The SMILES string of the molecule is CCSC(=N)N1CCOCC1. The molecule has 0 aliphatic carbocycles. The number of amidine groups is 1. The summed E-state index contributed by atoms with van der Waals surface area (Å²) >= 11 is 1.59. The summed E-state index contributed by atoms with van der Waals surface area (Å²) in [6.45, 7) is 5.37. The third-order valence-corrected chi connectivity index (χ3v) is 2.40. The number of morpholine rings is 1. The van der Waals surface area contributed by atoms with Crippen molar-refractivity contribution in [2.24, 2.45) is 0 Å². The fourth-order valence-corrected chi connectivity index (χ4v) is 1.63. The first-order valence-electron chi connectivity index (χ1n) is 3.88. The van der Waals surface area contributed by atoms with Gasteiger partial charge in [0, 0.05) is 13.1 Å². The van der Waals surface area contributed by atoms with Crippen LogP contribution in [0.3, 0.4) is 0 Å². The van der Waals surface area contributed by atoms with Crippen LogP contribution in [0.25, 0.3) is 0 Å². The standard InChI is InChI=1S/C7H14N2OS/c1-2-11-7(8)9-3-5-10-6-4-9/h8H,2-6H2,1H3. The average molecular weight is 174 g/mol. The summed E-state index contributed by atoms with van der Waals surface area (Å²) in [7, 11) is 0. The molecule has 3 nitrogen and oxygen atoms in total. The predicted octanol–water partition coefficient (Wildman–Crippen LogP) is 1.01. The molecule has 0 amide bonds. The highest BCUT2D eigenvalue weighted by Crippen LogP contribution is 2.08. The molecule has 0 aromatic carbocycles. The Kier molecular flexibility index (Phi) is 3.72. The van der Waals surface area contributed by atoms with Gasteiger partial charge in [0.05, 0.1) is 13.2 Å². The summed E-state index contributed by atoms with van der Waals surface area (Å²) in [5, 5.41) is 8.31. The van der Waals surface area contributed by atoms with Crippen molar-refractivity contribution in [3.63, 3.8) is 0 Å². The molecular weight excluding hydrogens is 160 g/mol. The van der Waals surface area contributed by atoms with Crippen molar-refractivity contribution in [1.82, 2.24) is 4.90 Å². The monoisotopic (exact) mass is 174 g/mol. The summed E-state index contributed by atoms with van der Waals surface area (Å²) in [5.41, 5.74) is 0. The Morgan fingerprint density at radius 1 is 1.55 bits per heavy atom. The van der Waals surface area contributed by atoms with Crippen molar-refractivity contribution in [1.29, 1.82) is 5.41 Å². The number of hydrogen-bond acceptors (Lipinski definition) is 3. The zero-order chi connectivity index (χ0) is 8.10. The number of rotatable bonds is 1. The predicted molar refractivity (Wildman–Crippen MR) is 48.3 cm³/mol. The fourth-order valence-electron chi connectivity index (χ4n) is 0.994. The van der Waals surface area contributed by atoms with Crippen LogP contribution < -0.4 is 0 Å². The van der Waals surface area contributed by atoms with E-state index in [0.717, 1.165) is 32.1 Å². The highest BCUT2D eigenvalue weighted by Gasteiger charge is 2.12. The van der Waals surface area contributed by atoms with Gasteiger partial charge in [-0.25, -0.2) is 0 Å². The van der Waals surface area contributed by atoms with E-state index in [2.05, 4.69) is 11.8 Å². The first-order chi connectivity index (χ1) is 5.34. The Bertz CT molecular complexity index is 134. The van der Waals surface area contributed by atoms with Gasteiger partial charge in [0.1, 0.15) is 0 Å². The molecule has 1 N–H and O–H groups in total. The Balaban J connectivity index is 2.27. The van der Waals surface area contributed by atoms with Crippen LogP contribution in [-0.2, 0) is 4.74 Å². The van der Waals surface area contributed by atoms with Gasteiger partial charge in [-0.1, -0.05) is 18.7 Å². The van der Waals surface area contributed by atoms with E-state index in [-0.39, 0.29) is 0 Å². The van der Waals surface area contributed by atoms with Gasteiger partial charge in [-0.05, 0) is 5.75 Å². The summed E-state index contributed by atoms with van der Waals surface area (Å²) in [6, 6.07) is 0. The average Bonchev–Trinajstić information content (AvgIpc) is 2.07. The van der Waals surface area contributed by atoms with Gasteiger partial charge in [-0.2, -0.15) is 0 Å². The molecule has 1 fully saturated rings. The zero-order valence-electron chi connectivity index (χ0n) is 6.80. The van der Waals surface area contributed by atoms with Crippen LogP contribution in [0.5, 0.6) is 0 Å². The number of nitrogens with one attached hydrogen (secondary N) is 1. The molecule has 0 unspecified atom stereocenters. The van der Waals surface area contributed by atoms with Crippen LogP contribution in [0.1, 0.15) is 6.92 Å². The fraction of sp³-hybridized carbons (Fsp3) is 0.857. The third-order valence-electron chi connectivity index (χ3n) is 1.58. The van der Waals surface area contributed by atoms with Crippen molar-refractivity contribution < 1.29 is 4.74 Å². The van der Waals surface area contributed by atoms with E-state index in [0.29, 0.717) is 5.17 Å². The van der Waals surface area contributed by atoms with E-state index in [1.54, 1.807) is 11.8 Å². The number of ether oxygens (including phenoxy) is 1. The molecule has 1 aliphatic heterocycles. The summed E-state index contributed by atoms with van der Waals surface area (Å²) in [4.78, 5) is 2.07. The number of nitrogens with zero attached hydrogens (tertiary/aromatic N) is 1. The second kappa shape index (κ2) is 4.62. The molecule has 4 heteroatoms. The molecule has 0 aromatic heterocycles. The molecule has 11 heavy (non-hydrogen) atoms. The van der Waals surface area contributed by atoms with Gasteiger partial charge >= 0.3 is 0 Å². The highest BCUT2D eigenvalue weighted by molar-refractivity contribution is 8.13. The van der Waals surface area contributed by atoms with E-state index >= 15 is 0 Å². The molecule has 0 atom stereocenters. The van der Waals surface area contributed by atoms with Gasteiger partial charge in [0.15, 0.2) is 5.17 Å². The maximum Gasteiger partial charge on any atom is 0.156 e. The van der Waals surface area contributed by atoms with E-state index < -0.39 is 0 Å². The van der Waals surface area contributed by atoms with Gasteiger partial charge in [-0.15, -0.1) is 0 Å². The maximum atomic E-state index is 7.62. The highest BCUT2D eigenvalue weighted by atomic mass is 32.2. The molecule has 0 aromatic rings. The molecule has 0 radical (unpaired) electrons. The van der Waals surface area contributed by atoms with Gasteiger partial charge in [0.2, 0.25) is 0 Å². The topological polar surface area (TPSA) is 36.3 Å². The molecule has 64 valence electrons. The Morgan fingerprint density at radius 3 is 2.73 bits per heavy atom. The molecule has 0 spiro atoms. The second-order valence-corrected chi connectivity index (χ2v) is 3.59. The molecule has 0 saturated carbocycles. The Hall–Kier alpha value is -0.220. The normalized spacial score (nSPS) is 18.5. The summed E-state index contributed by atoms with van der Waals surface area (Å²) in [5.74, 6) is 0.982. The minimum Gasteiger partial charge on any atom is -0.378 e. The minimum absolute atomic E-state index is 0.691. The van der Waals surface area contributed by atoms with E-state index in [1.807, 2.05) is 0 Å². The third kappa shape index (κ3) is 2.71. The van der Waals surface area contributed by atoms with Crippen molar-refractivity contribution in [3.8, 4) is 0 Å². The quantitative estimate of drug-likeness (QED) is 0.476. The van der Waals surface area contributed by atoms with Crippen LogP contribution in [0.2, 0.25) is 0 Å². The largest absolute Gasteiger partial charge is 0.378 e. The van der Waals surface area contributed by atoms with Crippen molar-refractivity contribution >= 4 is 16.9 Å². The summed E-state index contributed by atoms with van der Waals surface area (Å²) < 4.78 is 5.18. The van der Waals surface area contributed by atoms with Crippen LogP contribution in [0.15, 0.2) is 0 Å². The van der Waals surface area contributed by atoms with Crippen molar-refractivity contribution in [2.75, 3.05) is 32.1 Å². The van der Waals surface area contributed by atoms with Crippen LogP contribution >= 0.6 is 11.8 Å². The lowest BCUT2D eigenvalue weighted by Crippen LogP contribution is -2.39. The second-order valence-electron chi connectivity index (χ2n) is 2.34. The molecule has 1 aliphatic rings. The van der Waals surface area contributed by atoms with Crippen LogP contribution in [0.4, 0.5) is 0 Å². The molecule has 1 saturated heterocycles. The first-order valence-corrected chi connectivity index (χ1v) is 4.87. The van der Waals surface area contributed by atoms with Gasteiger partial charge in [0.25, 0.3) is 0 Å². The lowest BCUT2D eigenvalue weighted by molar-refractivity contribution is 0.0691. The molecule has 1 rings (SSSR count). The lowest BCUT2D eigenvalue weighted by Gasteiger charge is -2.28. The number of thioether (sulfide) groups is 1. The molecule has 0 bridgehead atoms. The first kappa shape index (κ1) is 8.87. The lowest BCUT2D eigenvalue weighted by atomic mass is 10.5. The van der Waals surface area contributed by atoms with E-state index in [1.165, 1.54) is 0 Å². The van der Waals surface area contributed by atoms with Crippen LogP contribution in [-0.4, -0.2) is 42.1 Å². The van der Waals surface area contributed by atoms with Gasteiger partial charge in [-0.3, -0.25) is 5.41 Å². The maximum absolute atomic E-state index is 7.62. The van der Waals surface area contributed by atoms with Crippen LogP contribution in [0, 0.1) is 5.41 Å². The van der Waals surface area contributed by atoms with E-state index in [9.17, 15) is 0 Å². The number of hydrogen-bond donors (Lipinski definition) is 1. The Labute approximate surface area is 71.6 Å². The smallest absolute Gasteiger partial charge is 0.156 e. The summed E-state index contributed by atoms with van der Waals surface area (Å²) in [6.07, 6.45) is 0. The molecular formula is C7H14N2OS. The van der Waals surface area contributed by atoms with Gasteiger partial charge < -0.3 is 9.64 Å². The van der Waals surface area contributed by atoms with E-state index in [4.69, 9.17) is 10.1 Å². The minimum atomic E-state index is 0.691. The van der Waals surface area contributed by atoms with Crippen molar-refractivity contribution in [2.45, 2.75) is 6.92 Å². The van der Waals surface area contributed by atoms with Crippen molar-refractivity contribution in [3.05, 3.63) is 0 Å². The molecule has 1 heterocycles. The zero-order valence-corrected chi connectivity index (χ0v) is 7.62.